The van der Waals surface area contributed by atoms with Gasteiger partial charge in [-0.25, -0.2) is 18.2 Å². The van der Waals surface area contributed by atoms with Crippen molar-refractivity contribution >= 4 is 22.7 Å². The van der Waals surface area contributed by atoms with Crippen LogP contribution in [0.1, 0.15) is 22.5 Å². The van der Waals surface area contributed by atoms with Crippen molar-refractivity contribution < 1.29 is 18.0 Å². The van der Waals surface area contributed by atoms with E-state index in [9.17, 15) is 18.0 Å². The second kappa shape index (κ2) is 3.83. The average molecular weight is 225 g/mol. The first-order chi connectivity index (χ1) is 6.43. The van der Waals surface area contributed by atoms with Gasteiger partial charge in [0.2, 0.25) is 0 Å². The fourth-order valence-corrected chi connectivity index (χ4v) is 0.980. The van der Waals surface area contributed by atoms with Crippen molar-refractivity contribution in [1.29, 1.82) is 0 Å². The van der Waals surface area contributed by atoms with Gasteiger partial charge in [-0.05, 0) is 17.7 Å². The van der Waals surface area contributed by atoms with E-state index in [1.165, 1.54) is 0 Å². The third-order valence-corrected chi connectivity index (χ3v) is 1.65. The number of nitrogens with two attached hydrogens (primary N) is 1. The molecule has 0 spiro atoms. The number of halogens is 4. The molecule has 0 atom stereocenters. The molecule has 0 radical (unpaired) electrons. The smallest absolute Gasteiger partial charge is 0.283 e. The zero-order valence-electron chi connectivity index (χ0n) is 6.60. The Labute approximate surface area is 81.7 Å². The molecule has 1 aromatic heterocycles. The minimum Gasteiger partial charge on any atom is -0.383 e. The number of anilines is 1. The second-order valence-electron chi connectivity index (χ2n) is 2.36. The van der Waals surface area contributed by atoms with E-state index < -0.39 is 34.6 Å². The minimum atomic E-state index is -3.09. The van der Waals surface area contributed by atoms with Crippen LogP contribution in [0.5, 0.6) is 0 Å². The van der Waals surface area contributed by atoms with Gasteiger partial charge in [0.05, 0.1) is 5.56 Å². The van der Waals surface area contributed by atoms with E-state index in [1.807, 2.05) is 0 Å². The highest BCUT2D eigenvalue weighted by atomic mass is 35.5. The molecule has 1 aromatic rings. The summed E-state index contributed by atoms with van der Waals surface area (Å²) in [4.78, 5) is 13.6. The predicted octanol–water partition coefficient (Wildman–Crippen LogP) is 2.12. The van der Waals surface area contributed by atoms with Crippen molar-refractivity contribution in [2.45, 2.75) is 6.43 Å². The molecule has 0 aliphatic rings. The van der Waals surface area contributed by atoms with Crippen molar-refractivity contribution in [2.24, 2.45) is 0 Å². The summed E-state index contributed by atoms with van der Waals surface area (Å²) < 4.78 is 37.0. The molecule has 0 fully saturated rings. The summed E-state index contributed by atoms with van der Waals surface area (Å²) in [5.41, 5.74) is 3.60. The Hall–Kier alpha value is -1.30. The number of carbonyl (C=O) groups is 1. The topological polar surface area (TPSA) is 56.0 Å². The summed E-state index contributed by atoms with van der Waals surface area (Å²) in [6.07, 6.45) is -3.09. The number of pyridine rings is 1. The maximum absolute atomic E-state index is 12.8. The Morgan fingerprint density at radius 1 is 1.57 bits per heavy atom. The third-order valence-electron chi connectivity index (χ3n) is 1.45. The lowest BCUT2D eigenvalue weighted by Gasteiger charge is -2.04. The molecule has 0 bridgehead atoms. The minimum absolute atomic E-state index is 0.423. The Kier molecular flexibility index (Phi) is 2.95. The first-order valence-corrected chi connectivity index (χ1v) is 3.75. The lowest BCUT2D eigenvalue weighted by atomic mass is 10.2. The number of rotatable bonds is 2. The van der Waals surface area contributed by atoms with Crippen LogP contribution < -0.4 is 5.73 Å². The number of aromatic nitrogens is 1. The number of nitrogens with zero attached hydrogens (tertiary/aromatic N) is 1. The fraction of sp³-hybridized carbons (Fsp3) is 0.143. The molecule has 0 amide bonds. The number of nitrogen functional groups attached to an aromatic ring is 1. The first-order valence-electron chi connectivity index (χ1n) is 3.37. The standard InChI is InChI=1S/C7H4ClF3N2O/c8-5(14)2-1-3(9)4(6(10)11)13-7(2)12/h1,6H,(H2,12,13). The summed E-state index contributed by atoms with van der Waals surface area (Å²) in [7, 11) is 0. The van der Waals surface area contributed by atoms with Crippen LogP contribution in [0.3, 0.4) is 0 Å². The van der Waals surface area contributed by atoms with Gasteiger partial charge in [-0.3, -0.25) is 4.79 Å². The van der Waals surface area contributed by atoms with Crippen molar-refractivity contribution in [1.82, 2.24) is 4.98 Å². The van der Waals surface area contributed by atoms with Crippen molar-refractivity contribution in [2.75, 3.05) is 5.73 Å². The molecule has 76 valence electrons. The molecule has 2 N–H and O–H groups in total. The van der Waals surface area contributed by atoms with E-state index in [-0.39, 0.29) is 0 Å². The molecule has 1 rings (SSSR count). The summed E-state index contributed by atoms with van der Waals surface area (Å²) in [5, 5.41) is -1.05. The van der Waals surface area contributed by atoms with Crippen LogP contribution in [0.4, 0.5) is 19.0 Å². The highest BCUT2D eigenvalue weighted by Gasteiger charge is 2.19. The zero-order chi connectivity index (χ0) is 10.9. The highest BCUT2D eigenvalue weighted by Crippen LogP contribution is 2.23. The molecule has 1 heterocycles. The molecule has 14 heavy (non-hydrogen) atoms. The molecule has 0 saturated carbocycles. The largest absolute Gasteiger partial charge is 0.383 e. The number of hydrogen-bond acceptors (Lipinski definition) is 3. The lowest BCUT2D eigenvalue weighted by molar-refractivity contribution is 0.107. The van der Waals surface area contributed by atoms with E-state index in [0.29, 0.717) is 6.07 Å². The maximum Gasteiger partial charge on any atom is 0.283 e. The summed E-state index contributed by atoms with van der Waals surface area (Å²) in [6.45, 7) is 0. The van der Waals surface area contributed by atoms with Crippen molar-refractivity contribution in [3.05, 3.63) is 23.1 Å². The molecule has 0 aromatic carbocycles. The number of carbonyl (C=O) groups excluding carboxylic acids is 1. The monoisotopic (exact) mass is 224 g/mol. The first kappa shape index (κ1) is 10.8. The Morgan fingerprint density at radius 3 is 2.57 bits per heavy atom. The van der Waals surface area contributed by atoms with Gasteiger partial charge < -0.3 is 5.73 Å². The molecule has 0 aliphatic heterocycles. The highest BCUT2D eigenvalue weighted by molar-refractivity contribution is 6.68. The maximum atomic E-state index is 12.8. The normalized spacial score (nSPS) is 10.6. The Morgan fingerprint density at radius 2 is 2.14 bits per heavy atom. The van der Waals surface area contributed by atoms with Crippen LogP contribution in [0.15, 0.2) is 6.07 Å². The van der Waals surface area contributed by atoms with E-state index in [4.69, 9.17) is 17.3 Å². The van der Waals surface area contributed by atoms with Gasteiger partial charge in [0.15, 0.2) is 5.82 Å². The third kappa shape index (κ3) is 1.95. The van der Waals surface area contributed by atoms with Gasteiger partial charge in [0.1, 0.15) is 11.5 Å². The number of alkyl halides is 2. The van der Waals surface area contributed by atoms with Gasteiger partial charge >= 0.3 is 0 Å². The van der Waals surface area contributed by atoms with E-state index in [2.05, 4.69) is 4.98 Å². The molecular formula is C7H4ClF3N2O. The van der Waals surface area contributed by atoms with Crippen LogP contribution in [-0.2, 0) is 0 Å². The van der Waals surface area contributed by atoms with Gasteiger partial charge in [-0.1, -0.05) is 0 Å². The Balaban J connectivity index is 3.31. The van der Waals surface area contributed by atoms with Crippen LogP contribution in [0, 0.1) is 5.82 Å². The quantitative estimate of drug-likeness (QED) is 0.783. The summed E-state index contributed by atoms with van der Waals surface area (Å²) in [5.74, 6) is -1.82. The SMILES string of the molecule is Nc1nc(C(F)F)c(F)cc1C(=O)Cl. The van der Waals surface area contributed by atoms with Crippen LogP contribution >= 0.6 is 11.6 Å². The van der Waals surface area contributed by atoms with Crippen LogP contribution in [0.2, 0.25) is 0 Å². The van der Waals surface area contributed by atoms with Crippen LogP contribution in [-0.4, -0.2) is 10.2 Å². The van der Waals surface area contributed by atoms with Crippen molar-refractivity contribution in [3.63, 3.8) is 0 Å². The van der Waals surface area contributed by atoms with Gasteiger partial charge in [-0.2, -0.15) is 0 Å². The molecule has 7 heteroatoms. The van der Waals surface area contributed by atoms with E-state index in [1.54, 1.807) is 0 Å². The summed E-state index contributed by atoms with van der Waals surface area (Å²) in [6, 6.07) is 0.541. The zero-order valence-corrected chi connectivity index (χ0v) is 7.36. The van der Waals surface area contributed by atoms with Gasteiger partial charge in [0.25, 0.3) is 11.7 Å². The summed E-state index contributed by atoms with van der Waals surface area (Å²) >= 11 is 5.00. The number of hydrogen-bond donors (Lipinski definition) is 1. The van der Waals surface area contributed by atoms with Crippen LogP contribution in [0.25, 0.3) is 0 Å². The molecule has 0 saturated heterocycles. The fourth-order valence-electron chi connectivity index (χ4n) is 0.828. The second-order valence-corrected chi connectivity index (χ2v) is 2.71. The molecule has 0 aliphatic carbocycles. The lowest BCUT2D eigenvalue weighted by Crippen LogP contribution is -2.06. The predicted molar refractivity (Wildman–Crippen MR) is 43.7 cm³/mol. The van der Waals surface area contributed by atoms with Crippen molar-refractivity contribution in [3.8, 4) is 0 Å². The van der Waals surface area contributed by atoms with E-state index in [0.717, 1.165) is 0 Å². The molecule has 0 unspecified atom stereocenters. The molecule has 3 nitrogen and oxygen atoms in total. The average Bonchev–Trinajstić information content (AvgIpc) is 2.07. The van der Waals surface area contributed by atoms with E-state index >= 15 is 0 Å². The van der Waals surface area contributed by atoms with Gasteiger partial charge in [-0.15, -0.1) is 0 Å². The molecular weight excluding hydrogens is 221 g/mol. The van der Waals surface area contributed by atoms with Gasteiger partial charge in [0, 0.05) is 0 Å². The Bertz CT molecular complexity index is 383.